The zero-order valence-electron chi connectivity index (χ0n) is 20.6. The number of thioether (sulfide) groups is 1. The Morgan fingerprint density at radius 2 is 1.85 bits per heavy atom. The van der Waals surface area contributed by atoms with E-state index in [9.17, 15) is 36.7 Å². The number of hydrogen-bond donors (Lipinski definition) is 0. The highest BCUT2D eigenvalue weighted by molar-refractivity contribution is 8.15. The van der Waals surface area contributed by atoms with E-state index in [0.717, 1.165) is 67.9 Å². The molecule has 39 heavy (non-hydrogen) atoms. The Bertz CT molecular complexity index is 1450. The largest absolute Gasteiger partial charge is 0.464 e. The number of carbonyl (C=O) groups excluding carboxylic acids is 2. The van der Waals surface area contributed by atoms with Gasteiger partial charge in [-0.3, -0.25) is 23.9 Å². The van der Waals surface area contributed by atoms with E-state index in [0.29, 0.717) is 0 Å². The van der Waals surface area contributed by atoms with E-state index in [2.05, 4.69) is 4.99 Å². The van der Waals surface area contributed by atoms with Gasteiger partial charge >= 0.3 is 17.8 Å². The SMILES string of the molecule is Cn1c(C(F)(F)F)cc(=O)n(-c2cc(/N=C3\SCC(=O)N3CC(=O)OCC3CCCCC3)c(Cl)cc2F)c1=O. The molecule has 1 saturated carbocycles. The number of nitrogens with zero attached hydrogens (tertiary/aromatic N) is 4. The van der Waals surface area contributed by atoms with E-state index in [1.165, 1.54) is 0 Å². The second-order valence-electron chi connectivity index (χ2n) is 9.15. The smallest absolute Gasteiger partial charge is 0.431 e. The van der Waals surface area contributed by atoms with Gasteiger partial charge < -0.3 is 4.74 Å². The van der Waals surface area contributed by atoms with E-state index in [1.807, 2.05) is 0 Å². The predicted octanol–water partition coefficient (Wildman–Crippen LogP) is 4.03. The van der Waals surface area contributed by atoms with Gasteiger partial charge in [0.2, 0.25) is 5.91 Å². The minimum absolute atomic E-state index is 0.0423. The van der Waals surface area contributed by atoms with Crippen LogP contribution in [0.4, 0.5) is 23.2 Å². The normalized spacial score (nSPS) is 17.7. The number of carbonyl (C=O) groups is 2. The fraction of sp³-hybridized carbons (Fsp3) is 0.458. The summed E-state index contributed by atoms with van der Waals surface area (Å²) >= 11 is 7.09. The zero-order valence-corrected chi connectivity index (χ0v) is 22.2. The molecule has 1 aliphatic heterocycles. The number of esters is 1. The molecule has 1 aromatic carbocycles. The van der Waals surface area contributed by atoms with Crippen molar-refractivity contribution in [3.05, 3.63) is 55.6 Å². The lowest BCUT2D eigenvalue weighted by Crippen LogP contribution is -2.41. The van der Waals surface area contributed by atoms with Crippen molar-refractivity contribution in [3.63, 3.8) is 0 Å². The van der Waals surface area contributed by atoms with E-state index >= 15 is 0 Å². The Balaban J connectivity index is 1.63. The van der Waals surface area contributed by atoms with Gasteiger partial charge in [-0.25, -0.2) is 18.7 Å². The molecule has 2 fully saturated rings. The Morgan fingerprint density at radius 1 is 1.15 bits per heavy atom. The molecule has 1 aliphatic carbocycles. The number of hydrogen-bond acceptors (Lipinski definition) is 7. The highest BCUT2D eigenvalue weighted by atomic mass is 35.5. The lowest BCUT2D eigenvalue weighted by atomic mass is 9.90. The number of benzene rings is 1. The summed E-state index contributed by atoms with van der Waals surface area (Å²) in [5.74, 6) is -1.99. The molecule has 1 aromatic heterocycles. The number of ether oxygens (including phenoxy) is 1. The van der Waals surface area contributed by atoms with Crippen molar-refractivity contribution >= 4 is 46.1 Å². The first-order valence-corrected chi connectivity index (χ1v) is 13.3. The molecule has 2 aromatic rings. The summed E-state index contributed by atoms with van der Waals surface area (Å²) in [4.78, 5) is 55.2. The maximum atomic E-state index is 14.8. The second-order valence-corrected chi connectivity index (χ2v) is 10.5. The van der Waals surface area contributed by atoms with Crippen molar-refractivity contribution < 1.29 is 31.9 Å². The minimum Gasteiger partial charge on any atom is -0.464 e. The molecule has 210 valence electrons. The average molecular weight is 591 g/mol. The van der Waals surface area contributed by atoms with Gasteiger partial charge in [0.25, 0.3) is 5.56 Å². The lowest BCUT2D eigenvalue weighted by molar-refractivity contribution is -0.148. The summed E-state index contributed by atoms with van der Waals surface area (Å²) in [6.07, 6.45) is 0.245. The molecule has 15 heteroatoms. The van der Waals surface area contributed by atoms with Crippen molar-refractivity contribution in [1.29, 1.82) is 0 Å². The second kappa shape index (κ2) is 11.5. The van der Waals surface area contributed by atoms with Gasteiger partial charge in [0.1, 0.15) is 18.1 Å². The van der Waals surface area contributed by atoms with Gasteiger partial charge in [0.15, 0.2) is 5.17 Å². The Kier molecular flexibility index (Phi) is 8.54. The van der Waals surface area contributed by atoms with Gasteiger partial charge in [0, 0.05) is 13.1 Å². The quantitative estimate of drug-likeness (QED) is 0.372. The van der Waals surface area contributed by atoms with Gasteiger partial charge in [-0.05, 0) is 30.9 Å². The third-order valence-corrected chi connectivity index (χ3v) is 7.70. The molecule has 4 rings (SSSR count). The van der Waals surface area contributed by atoms with Crippen LogP contribution in [0.15, 0.2) is 32.8 Å². The van der Waals surface area contributed by atoms with Crippen molar-refractivity contribution in [3.8, 4) is 5.69 Å². The summed E-state index contributed by atoms with van der Waals surface area (Å²) in [5, 5.41) is -0.220. The third kappa shape index (κ3) is 6.38. The van der Waals surface area contributed by atoms with Crippen molar-refractivity contribution in [1.82, 2.24) is 14.0 Å². The number of amides is 1. The van der Waals surface area contributed by atoms with Crippen LogP contribution >= 0.6 is 23.4 Å². The maximum absolute atomic E-state index is 14.8. The lowest BCUT2D eigenvalue weighted by Gasteiger charge is -2.22. The van der Waals surface area contributed by atoms with Crippen molar-refractivity contribution in [2.45, 2.75) is 38.3 Å². The molecule has 1 amide bonds. The molecule has 0 bridgehead atoms. The average Bonchev–Trinajstić information content (AvgIpc) is 3.21. The maximum Gasteiger partial charge on any atom is 0.431 e. The van der Waals surface area contributed by atoms with E-state index < -0.39 is 53.0 Å². The monoisotopic (exact) mass is 590 g/mol. The summed E-state index contributed by atoms with van der Waals surface area (Å²) < 4.78 is 60.1. The van der Waals surface area contributed by atoms with Crippen LogP contribution in [0.3, 0.4) is 0 Å². The molecule has 2 heterocycles. The topological polar surface area (TPSA) is 103 Å². The molecular weight excluding hydrogens is 568 g/mol. The van der Waals surface area contributed by atoms with Crippen LogP contribution in [0.1, 0.15) is 37.8 Å². The van der Waals surface area contributed by atoms with Crippen LogP contribution in [-0.2, 0) is 27.5 Å². The number of amidine groups is 1. The summed E-state index contributed by atoms with van der Waals surface area (Å²) in [6.45, 7) is -0.160. The fourth-order valence-corrected chi connectivity index (χ4v) is 5.47. The summed E-state index contributed by atoms with van der Waals surface area (Å²) in [5.41, 5.74) is -5.23. The van der Waals surface area contributed by atoms with Crippen LogP contribution in [0, 0.1) is 11.7 Å². The Morgan fingerprint density at radius 3 is 2.51 bits per heavy atom. The van der Waals surface area contributed by atoms with E-state index in [4.69, 9.17) is 16.3 Å². The summed E-state index contributed by atoms with van der Waals surface area (Å²) in [7, 11) is 0.794. The molecule has 0 N–H and O–H groups in total. The highest BCUT2D eigenvalue weighted by Gasteiger charge is 2.35. The van der Waals surface area contributed by atoms with Crippen LogP contribution in [-0.4, -0.2) is 50.0 Å². The van der Waals surface area contributed by atoms with Crippen LogP contribution in [0.5, 0.6) is 0 Å². The van der Waals surface area contributed by atoms with Crippen LogP contribution < -0.4 is 11.2 Å². The predicted molar refractivity (Wildman–Crippen MR) is 136 cm³/mol. The van der Waals surface area contributed by atoms with Crippen molar-refractivity contribution in [2.24, 2.45) is 18.0 Å². The number of halogens is 5. The standard InChI is InChI=1S/C24H23ClF4N4O5S/c1-31-18(24(27,28)29)9-19(34)33(23(31)37)17-8-16(14(25)7-15(17)26)30-22-32(20(35)12-39-22)10-21(36)38-11-13-5-3-2-4-6-13/h7-9,13H,2-6,10-12H2,1H3/b30-22-. The number of rotatable bonds is 6. The Labute approximate surface area is 228 Å². The number of aliphatic imine (C=N–C) groups is 1. The summed E-state index contributed by atoms with van der Waals surface area (Å²) in [6, 6.07) is 1.82. The van der Waals surface area contributed by atoms with E-state index in [-0.39, 0.29) is 49.4 Å². The van der Waals surface area contributed by atoms with Gasteiger partial charge in [-0.2, -0.15) is 13.2 Å². The fourth-order valence-electron chi connectivity index (χ4n) is 4.38. The third-order valence-electron chi connectivity index (χ3n) is 6.43. The first-order chi connectivity index (χ1) is 18.4. The van der Waals surface area contributed by atoms with Gasteiger partial charge in [0.05, 0.1) is 28.8 Å². The number of alkyl halides is 3. The molecule has 9 nitrogen and oxygen atoms in total. The molecular formula is C24H23ClF4N4O5S. The Hall–Kier alpha value is -3.13. The zero-order chi connectivity index (χ0) is 28.5. The van der Waals surface area contributed by atoms with Crippen molar-refractivity contribution in [2.75, 3.05) is 18.9 Å². The molecule has 1 saturated heterocycles. The number of aromatic nitrogens is 2. The molecule has 0 unspecified atom stereocenters. The van der Waals surface area contributed by atoms with Gasteiger partial charge in [-0.15, -0.1) is 0 Å². The first-order valence-electron chi connectivity index (χ1n) is 11.9. The first kappa shape index (κ1) is 28.9. The molecule has 2 aliphatic rings. The highest BCUT2D eigenvalue weighted by Crippen LogP contribution is 2.33. The van der Waals surface area contributed by atoms with Crippen LogP contribution in [0.25, 0.3) is 5.69 Å². The van der Waals surface area contributed by atoms with E-state index in [1.54, 1.807) is 0 Å². The van der Waals surface area contributed by atoms with Crippen LogP contribution in [0.2, 0.25) is 5.02 Å². The minimum atomic E-state index is -4.99. The molecule has 0 atom stereocenters. The molecule has 0 spiro atoms. The molecule has 0 radical (unpaired) electrons. The van der Waals surface area contributed by atoms with Gasteiger partial charge in [-0.1, -0.05) is 42.6 Å².